The van der Waals surface area contributed by atoms with Gasteiger partial charge in [-0.05, 0) is 32.5 Å². The summed E-state index contributed by atoms with van der Waals surface area (Å²) in [6.07, 6.45) is 2.13. The Morgan fingerprint density at radius 1 is 0.889 bits per heavy atom. The van der Waals surface area contributed by atoms with E-state index >= 15 is 0 Å². The Bertz CT molecular complexity index is 27.5. The van der Waals surface area contributed by atoms with Gasteiger partial charge >= 0.3 is 0 Å². The maximum Gasteiger partial charge on any atom is -0.00768 e. The highest BCUT2D eigenvalue weighted by Gasteiger charge is 1.75. The van der Waals surface area contributed by atoms with E-state index in [-0.39, 0.29) is 0 Å². The minimum absolute atomic E-state index is 0.750. The van der Waals surface area contributed by atoms with Gasteiger partial charge in [0.05, 0.1) is 0 Å². The van der Waals surface area contributed by atoms with E-state index in [4.69, 9.17) is 17.2 Å². The van der Waals surface area contributed by atoms with Gasteiger partial charge in [-0.15, -0.1) is 0 Å². The van der Waals surface area contributed by atoms with Crippen molar-refractivity contribution in [1.82, 2.24) is 0 Å². The van der Waals surface area contributed by atoms with Crippen LogP contribution in [0.2, 0.25) is 0 Å². The largest absolute Gasteiger partial charge is 0.331 e. The molecule has 0 spiro atoms. The van der Waals surface area contributed by atoms with Gasteiger partial charge < -0.3 is 17.2 Å². The Hall–Kier alpha value is -0.120. The molecule has 0 aliphatic carbocycles. The molecule has 0 radical (unpaired) electrons. The molecule has 0 amide bonds. The van der Waals surface area contributed by atoms with Crippen molar-refractivity contribution in [3.8, 4) is 0 Å². The first kappa shape index (κ1) is 11.6. The SMILES string of the molecule is CCN.NCCCCN. The van der Waals surface area contributed by atoms with Crippen molar-refractivity contribution in [2.24, 2.45) is 17.2 Å². The van der Waals surface area contributed by atoms with Gasteiger partial charge in [-0.25, -0.2) is 0 Å². The third kappa shape index (κ3) is 32.8. The van der Waals surface area contributed by atoms with Crippen LogP contribution in [0.25, 0.3) is 0 Å². The zero-order chi connectivity index (χ0) is 7.54. The number of nitrogens with two attached hydrogens (primary N) is 3. The maximum atomic E-state index is 5.16. The summed E-state index contributed by atoms with van der Waals surface area (Å²) in [6.45, 7) is 4.20. The van der Waals surface area contributed by atoms with Crippen molar-refractivity contribution in [1.29, 1.82) is 0 Å². The lowest BCUT2D eigenvalue weighted by Gasteiger charge is -1.87. The van der Waals surface area contributed by atoms with Crippen molar-refractivity contribution in [2.45, 2.75) is 19.8 Å². The van der Waals surface area contributed by atoms with Gasteiger partial charge in [0.1, 0.15) is 0 Å². The molecule has 0 aromatic carbocycles. The molecule has 0 saturated carbocycles. The van der Waals surface area contributed by atoms with Gasteiger partial charge in [0, 0.05) is 0 Å². The number of rotatable bonds is 3. The van der Waals surface area contributed by atoms with Crippen LogP contribution >= 0.6 is 0 Å². The van der Waals surface area contributed by atoms with E-state index in [9.17, 15) is 0 Å². The van der Waals surface area contributed by atoms with Crippen LogP contribution in [0.5, 0.6) is 0 Å². The van der Waals surface area contributed by atoms with Crippen molar-refractivity contribution < 1.29 is 0 Å². The topological polar surface area (TPSA) is 78.1 Å². The third-order valence-electron chi connectivity index (χ3n) is 0.658. The molecule has 0 unspecified atom stereocenters. The predicted molar refractivity (Wildman–Crippen MR) is 42.1 cm³/mol. The minimum atomic E-state index is 0.750. The molecule has 58 valence electrons. The first-order chi connectivity index (χ1) is 4.33. The van der Waals surface area contributed by atoms with E-state index < -0.39 is 0 Å². The van der Waals surface area contributed by atoms with Gasteiger partial charge in [0.15, 0.2) is 0 Å². The standard InChI is InChI=1S/C4H12N2.C2H7N/c5-3-1-2-4-6;1-2-3/h1-6H2;2-3H2,1H3. The van der Waals surface area contributed by atoms with Gasteiger partial charge in [-0.3, -0.25) is 0 Å². The zero-order valence-electron chi connectivity index (χ0n) is 6.27. The second kappa shape index (κ2) is 15.7. The third-order valence-corrected chi connectivity index (χ3v) is 0.658. The lowest BCUT2D eigenvalue weighted by molar-refractivity contribution is 0.755. The summed E-state index contributed by atoms with van der Waals surface area (Å²) in [5.41, 5.74) is 15.2. The maximum absolute atomic E-state index is 5.16. The first-order valence-electron chi connectivity index (χ1n) is 3.43. The fourth-order valence-electron chi connectivity index (χ4n) is 0.289. The quantitative estimate of drug-likeness (QED) is 0.460. The molecule has 9 heavy (non-hydrogen) atoms. The Labute approximate surface area is 57.6 Å². The van der Waals surface area contributed by atoms with Crippen LogP contribution in [0.1, 0.15) is 19.8 Å². The average molecular weight is 133 g/mol. The van der Waals surface area contributed by atoms with Gasteiger partial charge in [0.2, 0.25) is 0 Å². The van der Waals surface area contributed by atoms with Crippen LogP contribution in [0.3, 0.4) is 0 Å². The summed E-state index contributed by atoms with van der Waals surface area (Å²) >= 11 is 0. The molecule has 0 aliphatic heterocycles. The van der Waals surface area contributed by atoms with E-state index in [2.05, 4.69) is 0 Å². The summed E-state index contributed by atoms with van der Waals surface area (Å²) in [7, 11) is 0. The molecule has 0 bridgehead atoms. The highest BCUT2D eigenvalue weighted by Crippen LogP contribution is 1.77. The number of unbranched alkanes of at least 4 members (excludes halogenated alkanes) is 1. The molecule has 0 aromatic heterocycles. The van der Waals surface area contributed by atoms with Crippen LogP contribution in [0, 0.1) is 0 Å². The average Bonchev–Trinajstić information content (AvgIpc) is 1.86. The molecule has 0 aromatic rings. The van der Waals surface area contributed by atoms with E-state index in [1.807, 2.05) is 6.92 Å². The molecule has 0 atom stereocenters. The first-order valence-corrected chi connectivity index (χ1v) is 3.43. The van der Waals surface area contributed by atoms with E-state index in [0.29, 0.717) is 0 Å². The van der Waals surface area contributed by atoms with Crippen molar-refractivity contribution in [3.63, 3.8) is 0 Å². The molecule has 3 heteroatoms. The van der Waals surface area contributed by atoms with Gasteiger partial charge in [-0.2, -0.15) is 0 Å². The van der Waals surface area contributed by atoms with Crippen molar-refractivity contribution in [3.05, 3.63) is 0 Å². The summed E-state index contributed by atoms with van der Waals surface area (Å²) in [5, 5.41) is 0. The molecule has 0 aliphatic rings. The highest BCUT2D eigenvalue weighted by molar-refractivity contribution is 4.38. The summed E-state index contributed by atoms with van der Waals surface area (Å²) in [4.78, 5) is 0. The number of hydrogen-bond acceptors (Lipinski definition) is 3. The van der Waals surface area contributed by atoms with Crippen LogP contribution in [-0.4, -0.2) is 19.6 Å². The van der Waals surface area contributed by atoms with Gasteiger partial charge in [0.25, 0.3) is 0 Å². The van der Waals surface area contributed by atoms with Crippen LogP contribution < -0.4 is 17.2 Å². The summed E-state index contributed by atoms with van der Waals surface area (Å²) in [5.74, 6) is 0. The van der Waals surface area contributed by atoms with E-state index in [1.165, 1.54) is 0 Å². The fourth-order valence-corrected chi connectivity index (χ4v) is 0.289. The second-order valence-corrected chi connectivity index (χ2v) is 1.69. The van der Waals surface area contributed by atoms with E-state index in [0.717, 1.165) is 32.5 Å². The number of hydrogen-bond donors (Lipinski definition) is 3. The van der Waals surface area contributed by atoms with Gasteiger partial charge in [-0.1, -0.05) is 6.92 Å². The predicted octanol–water partition coefficient (Wildman–Crippen LogP) is -0.351. The molecule has 6 N–H and O–H groups in total. The van der Waals surface area contributed by atoms with Crippen LogP contribution in [-0.2, 0) is 0 Å². The Morgan fingerprint density at radius 3 is 1.22 bits per heavy atom. The molecular weight excluding hydrogens is 114 g/mol. The molecule has 0 saturated heterocycles. The summed E-state index contributed by atoms with van der Waals surface area (Å²) < 4.78 is 0. The summed E-state index contributed by atoms with van der Waals surface area (Å²) in [6, 6.07) is 0. The lowest BCUT2D eigenvalue weighted by Crippen LogP contribution is -2.03. The molecule has 3 nitrogen and oxygen atoms in total. The van der Waals surface area contributed by atoms with Crippen molar-refractivity contribution >= 4 is 0 Å². The fraction of sp³-hybridized carbons (Fsp3) is 1.00. The zero-order valence-corrected chi connectivity index (χ0v) is 6.27. The van der Waals surface area contributed by atoms with E-state index in [1.54, 1.807) is 0 Å². The second-order valence-electron chi connectivity index (χ2n) is 1.69. The molecular formula is C6H19N3. The Kier molecular flexibility index (Phi) is 20.3. The molecule has 0 heterocycles. The minimum Gasteiger partial charge on any atom is -0.331 e. The Balaban J connectivity index is 0. The normalized spacial score (nSPS) is 8.00. The Morgan fingerprint density at radius 2 is 1.11 bits per heavy atom. The van der Waals surface area contributed by atoms with Crippen LogP contribution in [0.15, 0.2) is 0 Å². The smallest absolute Gasteiger partial charge is 0.00768 e. The molecule has 0 rings (SSSR count). The monoisotopic (exact) mass is 133 g/mol. The molecule has 0 fully saturated rings. The van der Waals surface area contributed by atoms with Crippen LogP contribution in [0.4, 0.5) is 0 Å². The van der Waals surface area contributed by atoms with Crippen molar-refractivity contribution in [2.75, 3.05) is 19.6 Å². The lowest BCUT2D eigenvalue weighted by atomic mass is 10.3. The highest BCUT2D eigenvalue weighted by atomic mass is 14.5.